The number of benzene rings is 2. The van der Waals surface area contributed by atoms with E-state index in [9.17, 15) is 13.6 Å². The number of rotatable bonds is 11. The molecule has 6 nitrogen and oxygen atoms in total. The van der Waals surface area contributed by atoms with Crippen LogP contribution < -0.4 is 19.5 Å². The van der Waals surface area contributed by atoms with E-state index < -0.39 is 6.61 Å². The highest BCUT2D eigenvalue weighted by atomic mass is 19.3. The first-order valence-electron chi connectivity index (χ1n) is 9.74. The first-order chi connectivity index (χ1) is 14.5. The van der Waals surface area contributed by atoms with Gasteiger partial charge in [-0.25, -0.2) is 0 Å². The van der Waals surface area contributed by atoms with Crippen molar-refractivity contribution in [1.29, 1.82) is 0 Å². The normalized spacial score (nSPS) is 13.4. The fraction of sp³-hybridized carbons (Fsp3) is 0.409. The summed E-state index contributed by atoms with van der Waals surface area (Å²) in [6.07, 6.45) is 2.12. The van der Waals surface area contributed by atoms with Crippen LogP contribution in [0.3, 0.4) is 0 Å². The number of amides is 1. The molecule has 0 radical (unpaired) electrons. The molecule has 0 bridgehead atoms. The van der Waals surface area contributed by atoms with Crippen molar-refractivity contribution in [2.75, 3.05) is 20.8 Å². The molecule has 0 unspecified atom stereocenters. The van der Waals surface area contributed by atoms with Gasteiger partial charge in [0, 0.05) is 24.7 Å². The third-order valence-electron chi connectivity index (χ3n) is 4.91. The lowest BCUT2D eigenvalue weighted by Crippen LogP contribution is -2.38. The Morgan fingerprint density at radius 2 is 1.80 bits per heavy atom. The minimum Gasteiger partial charge on any atom is -0.497 e. The molecular formula is C22H26F2N2O4. The van der Waals surface area contributed by atoms with Crippen LogP contribution in [0.2, 0.25) is 0 Å². The van der Waals surface area contributed by atoms with Crippen molar-refractivity contribution in [3.8, 4) is 17.2 Å². The van der Waals surface area contributed by atoms with E-state index >= 15 is 0 Å². The monoisotopic (exact) mass is 420 g/mol. The first kappa shape index (κ1) is 21.8. The van der Waals surface area contributed by atoms with Crippen LogP contribution in [0.5, 0.6) is 17.2 Å². The molecule has 3 rings (SSSR count). The van der Waals surface area contributed by atoms with Crippen LogP contribution in [0.4, 0.5) is 8.78 Å². The summed E-state index contributed by atoms with van der Waals surface area (Å²) in [4.78, 5) is 14.6. The molecule has 30 heavy (non-hydrogen) atoms. The van der Waals surface area contributed by atoms with Gasteiger partial charge in [-0.1, -0.05) is 12.1 Å². The lowest BCUT2D eigenvalue weighted by molar-refractivity contribution is -0.122. The summed E-state index contributed by atoms with van der Waals surface area (Å²) >= 11 is 0. The molecule has 2 aromatic carbocycles. The fourth-order valence-corrected chi connectivity index (χ4v) is 3.21. The Labute approximate surface area is 174 Å². The van der Waals surface area contributed by atoms with E-state index in [-0.39, 0.29) is 18.2 Å². The Morgan fingerprint density at radius 1 is 1.10 bits per heavy atom. The second-order valence-corrected chi connectivity index (χ2v) is 7.11. The van der Waals surface area contributed by atoms with Crippen molar-refractivity contribution < 1.29 is 27.8 Å². The standard InChI is InChI=1S/C22H26F2N2O4/c1-28-19-9-10-20(29-2)16(11-19)13-26(17-5-6-17)14-21(27)25-12-15-3-7-18(8-4-15)30-22(23)24/h3-4,7-11,17,22H,5-6,12-14H2,1-2H3,(H,25,27). The Morgan fingerprint density at radius 3 is 2.40 bits per heavy atom. The molecule has 0 aliphatic heterocycles. The van der Waals surface area contributed by atoms with Crippen LogP contribution in [-0.4, -0.2) is 44.2 Å². The highest BCUT2D eigenvalue weighted by Crippen LogP contribution is 2.31. The zero-order valence-electron chi connectivity index (χ0n) is 17.1. The predicted octanol–water partition coefficient (Wildman–Crippen LogP) is 3.59. The molecule has 0 heterocycles. The van der Waals surface area contributed by atoms with Gasteiger partial charge in [-0.3, -0.25) is 9.69 Å². The number of carbonyl (C=O) groups excluding carboxylic acids is 1. The summed E-state index contributed by atoms with van der Waals surface area (Å²) in [5, 5.41) is 2.88. The van der Waals surface area contributed by atoms with E-state index in [0.29, 0.717) is 19.1 Å². The highest BCUT2D eigenvalue weighted by Gasteiger charge is 2.31. The van der Waals surface area contributed by atoms with Crippen LogP contribution >= 0.6 is 0 Å². The summed E-state index contributed by atoms with van der Waals surface area (Å²) in [5.74, 6) is 1.49. The van der Waals surface area contributed by atoms with Gasteiger partial charge in [0.1, 0.15) is 17.2 Å². The average molecular weight is 420 g/mol. The largest absolute Gasteiger partial charge is 0.497 e. The number of hydrogen-bond acceptors (Lipinski definition) is 5. The number of ether oxygens (including phenoxy) is 3. The molecular weight excluding hydrogens is 394 g/mol. The van der Waals surface area contributed by atoms with Crippen molar-refractivity contribution in [3.63, 3.8) is 0 Å². The fourth-order valence-electron chi connectivity index (χ4n) is 3.21. The molecule has 1 aliphatic carbocycles. The van der Waals surface area contributed by atoms with Gasteiger partial charge >= 0.3 is 6.61 Å². The molecule has 0 spiro atoms. The van der Waals surface area contributed by atoms with Gasteiger partial charge in [0.05, 0.1) is 20.8 Å². The van der Waals surface area contributed by atoms with E-state index in [0.717, 1.165) is 35.5 Å². The van der Waals surface area contributed by atoms with E-state index in [2.05, 4.69) is 15.0 Å². The molecule has 8 heteroatoms. The highest BCUT2D eigenvalue weighted by molar-refractivity contribution is 5.78. The predicted molar refractivity (Wildman–Crippen MR) is 108 cm³/mol. The van der Waals surface area contributed by atoms with Crippen molar-refractivity contribution in [3.05, 3.63) is 53.6 Å². The first-order valence-corrected chi connectivity index (χ1v) is 9.74. The Hall–Kier alpha value is -2.87. The Balaban J connectivity index is 1.56. The lowest BCUT2D eigenvalue weighted by Gasteiger charge is -2.23. The van der Waals surface area contributed by atoms with Crippen LogP contribution in [0, 0.1) is 0 Å². The van der Waals surface area contributed by atoms with Gasteiger partial charge < -0.3 is 19.5 Å². The van der Waals surface area contributed by atoms with Gasteiger partial charge in [0.15, 0.2) is 0 Å². The molecule has 0 saturated heterocycles. The van der Waals surface area contributed by atoms with Gasteiger partial charge in [-0.05, 0) is 48.7 Å². The minimum absolute atomic E-state index is 0.0900. The molecule has 1 amide bonds. The van der Waals surface area contributed by atoms with E-state index in [1.165, 1.54) is 12.1 Å². The van der Waals surface area contributed by atoms with E-state index in [1.807, 2.05) is 18.2 Å². The van der Waals surface area contributed by atoms with Gasteiger partial charge in [0.25, 0.3) is 0 Å². The molecule has 1 saturated carbocycles. The number of hydrogen-bond donors (Lipinski definition) is 1. The molecule has 0 atom stereocenters. The Kier molecular flexibility index (Phi) is 7.46. The maximum absolute atomic E-state index is 12.5. The summed E-state index contributed by atoms with van der Waals surface area (Å²) < 4.78 is 39.5. The number of halogens is 2. The lowest BCUT2D eigenvalue weighted by atomic mass is 10.1. The molecule has 162 valence electrons. The van der Waals surface area contributed by atoms with Crippen LogP contribution in [0.1, 0.15) is 24.0 Å². The van der Waals surface area contributed by atoms with Gasteiger partial charge in [0.2, 0.25) is 5.91 Å². The van der Waals surface area contributed by atoms with E-state index in [4.69, 9.17) is 9.47 Å². The van der Waals surface area contributed by atoms with Crippen LogP contribution in [0.15, 0.2) is 42.5 Å². The van der Waals surface area contributed by atoms with E-state index in [1.54, 1.807) is 26.4 Å². The zero-order chi connectivity index (χ0) is 21.5. The average Bonchev–Trinajstić information content (AvgIpc) is 3.57. The second kappa shape index (κ2) is 10.2. The molecule has 1 fully saturated rings. The zero-order valence-corrected chi connectivity index (χ0v) is 17.1. The summed E-state index contributed by atoms with van der Waals surface area (Å²) in [5.41, 5.74) is 1.77. The topological polar surface area (TPSA) is 60.0 Å². The third kappa shape index (κ3) is 6.32. The quantitative estimate of drug-likeness (QED) is 0.602. The smallest absolute Gasteiger partial charge is 0.387 e. The van der Waals surface area contributed by atoms with Crippen LogP contribution in [-0.2, 0) is 17.9 Å². The van der Waals surface area contributed by atoms with Gasteiger partial charge in [-0.15, -0.1) is 0 Å². The molecule has 0 aromatic heterocycles. The Bertz CT molecular complexity index is 842. The maximum Gasteiger partial charge on any atom is 0.387 e. The summed E-state index contributed by atoms with van der Waals surface area (Å²) in [6, 6.07) is 12.2. The number of methoxy groups -OCH3 is 2. The number of nitrogens with zero attached hydrogens (tertiary/aromatic N) is 1. The third-order valence-corrected chi connectivity index (χ3v) is 4.91. The van der Waals surface area contributed by atoms with Gasteiger partial charge in [-0.2, -0.15) is 8.78 Å². The van der Waals surface area contributed by atoms with Crippen molar-refractivity contribution in [1.82, 2.24) is 10.2 Å². The number of carbonyl (C=O) groups is 1. The summed E-state index contributed by atoms with van der Waals surface area (Å²) in [6.45, 7) is -1.70. The number of nitrogens with one attached hydrogen (secondary N) is 1. The SMILES string of the molecule is COc1ccc(OC)c(CN(CC(=O)NCc2ccc(OC(F)F)cc2)C2CC2)c1. The molecule has 1 N–H and O–H groups in total. The van der Waals surface area contributed by atoms with Crippen molar-refractivity contribution >= 4 is 5.91 Å². The minimum atomic E-state index is -2.85. The summed E-state index contributed by atoms with van der Waals surface area (Å²) in [7, 11) is 3.24. The second-order valence-electron chi connectivity index (χ2n) is 7.11. The number of alkyl halides is 2. The maximum atomic E-state index is 12.5. The molecule has 2 aromatic rings. The van der Waals surface area contributed by atoms with Crippen molar-refractivity contribution in [2.45, 2.75) is 38.6 Å². The van der Waals surface area contributed by atoms with Crippen molar-refractivity contribution in [2.24, 2.45) is 0 Å². The molecule has 1 aliphatic rings. The van der Waals surface area contributed by atoms with Crippen LogP contribution in [0.25, 0.3) is 0 Å².